The number of hydrogen-bond donors (Lipinski definition) is 1. The van der Waals surface area contributed by atoms with E-state index in [0.29, 0.717) is 18.0 Å². The molecule has 0 aromatic heterocycles. The Bertz CT molecular complexity index is 439. The van der Waals surface area contributed by atoms with Gasteiger partial charge in [0.05, 0.1) is 7.11 Å². The van der Waals surface area contributed by atoms with Gasteiger partial charge in [-0.25, -0.2) is 4.39 Å². The van der Waals surface area contributed by atoms with Crippen LogP contribution in [-0.4, -0.2) is 32.1 Å². The van der Waals surface area contributed by atoms with Crippen molar-refractivity contribution in [1.29, 1.82) is 0 Å². The minimum Gasteiger partial charge on any atom is -0.494 e. The highest BCUT2D eigenvalue weighted by molar-refractivity contribution is 5.33. The zero-order valence-corrected chi connectivity index (χ0v) is 10.6. The lowest BCUT2D eigenvalue weighted by Crippen LogP contribution is -2.21. The summed E-state index contributed by atoms with van der Waals surface area (Å²) in [6.07, 6.45) is 0.760. The van der Waals surface area contributed by atoms with Crippen molar-refractivity contribution in [3.05, 3.63) is 29.3 Å². The number of ether oxygens (including phenoxy) is 1. The second-order valence-electron chi connectivity index (χ2n) is 4.78. The molecule has 0 amide bonds. The summed E-state index contributed by atoms with van der Waals surface area (Å²) in [5.74, 6) is -1.46. The zero-order chi connectivity index (χ0) is 13.3. The SMILES string of the molecule is COc1ccc(C2CC(CN)CN2C)c(F)c1F. The zero-order valence-electron chi connectivity index (χ0n) is 10.6. The molecule has 5 heteroatoms. The van der Waals surface area contributed by atoms with E-state index in [4.69, 9.17) is 10.5 Å². The molecule has 2 N–H and O–H groups in total. The number of nitrogens with two attached hydrogens (primary N) is 1. The van der Waals surface area contributed by atoms with Gasteiger partial charge in [0.15, 0.2) is 11.6 Å². The molecular formula is C13H18F2N2O. The smallest absolute Gasteiger partial charge is 0.200 e. The van der Waals surface area contributed by atoms with E-state index >= 15 is 0 Å². The van der Waals surface area contributed by atoms with E-state index in [-0.39, 0.29) is 11.8 Å². The number of halogens is 2. The standard InChI is InChI=1S/C13H18F2N2O/c1-17-7-8(6-16)5-10(17)9-3-4-11(18-2)13(15)12(9)14/h3-4,8,10H,5-7,16H2,1-2H3. The van der Waals surface area contributed by atoms with Crippen molar-refractivity contribution in [2.24, 2.45) is 11.7 Å². The van der Waals surface area contributed by atoms with Gasteiger partial charge in [-0.3, -0.25) is 4.90 Å². The maximum atomic E-state index is 14.0. The van der Waals surface area contributed by atoms with Crippen molar-refractivity contribution in [2.45, 2.75) is 12.5 Å². The Morgan fingerprint density at radius 3 is 2.67 bits per heavy atom. The molecule has 0 bridgehead atoms. The highest BCUT2D eigenvalue weighted by Gasteiger charge is 2.32. The van der Waals surface area contributed by atoms with Gasteiger partial charge in [0, 0.05) is 18.2 Å². The average Bonchev–Trinajstić information content (AvgIpc) is 2.74. The summed E-state index contributed by atoms with van der Waals surface area (Å²) < 4.78 is 32.4. The lowest BCUT2D eigenvalue weighted by Gasteiger charge is -2.20. The van der Waals surface area contributed by atoms with Gasteiger partial charge < -0.3 is 10.5 Å². The molecule has 0 aliphatic carbocycles. The monoisotopic (exact) mass is 256 g/mol. The summed E-state index contributed by atoms with van der Waals surface area (Å²) in [5, 5.41) is 0. The van der Waals surface area contributed by atoms with Crippen molar-refractivity contribution in [3.63, 3.8) is 0 Å². The second-order valence-corrected chi connectivity index (χ2v) is 4.78. The molecule has 0 radical (unpaired) electrons. The highest BCUT2D eigenvalue weighted by Crippen LogP contribution is 2.37. The molecule has 1 saturated heterocycles. The van der Waals surface area contributed by atoms with Crippen LogP contribution in [0.2, 0.25) is 0 Å². The number of hydrogen-bond acceptors (Lipinski definition) is 3. The molecule has 1 aromatic rings. The first-order chi connectivity index (χ1) is 8.58. The number of likely N-dealkylation sites (tertiary alicyclic amines) is 1. The van der Waals surface area contributed by atoms with Gasteiger partial charge in [-0.05, 0) is 32.0 Å². The van der Waals surface area contributed by atoms with Crippen molar-refractivity contribution in [2.75, 3.05) is 27.2 Å². The molecule has 1 aromatic carbocycles. The first kappa shape index (κ1) is 13.2. The average molecular weight is 256 g/mol. The first-order valence-corrected chi connectivity index (χ1v) is 6.00. The van der Waals surface area contributed by atoms with Crippen molar-refractivity contribution < 1.29 is 13.5 Å². The third-order valence-electron chi connectivity index (χ3n) is 3.62. The van der Waals surface area contributed by atoms with Crippen LogP contribution >= 0.6 is 0 Å². The van der Waals surface area contributed by atoms with Crippen LogP contribution in [0.15, 0.2) is 12.1 Å². The molecule has 0 saturated carbocycles. The summed E-state index contributed by atoms with van der Waals surface area (Å²) in [4.78, 5) is 2.02. The summed E-state index contributed by atoms with van der Waals surface area (Å²) in [5.41, 5.74) is 6.02. The predicted octanol–water partition coefficient (Wildman–Crippen LogP) is 1.92. The van der Waals surface area contributed by atoms with Gasteiger partial charge in [0.1, 0.15) is 0 Å². The topological polar surface area (TPSA) is 38.5 Å². The molecule has 1 fully saturated rings. The van der Waals surface area contributed by atoms with E-state index in [1.54, 1.807) is 6.07 Å². The van der Waals surface area contributed by atoms with Crippen molar-refractivity contribution in [3.8, 4) is 5.75 Å². The Morgan fingerprint density at radius 1 is 1.39 bits per heavy atom. The Hall–Kier alpha value is -1.20. The molecular weight excluding hydrogens is 238 g/mol. The van der Waals surface area contributed by atoms with E-state index in [0.717, 1.165) is 13.0 Å². The van der Waals surface area contributed by atoms with Crippen LogP contribution in [0.4, 0.5) is 8.78 Å². The fourth-order valence-corrected chi connectivity index (χ4v) is 2.60. The van der Waals surface area contributed by atoms with Crippen LogP contribution in [0.3, 0.4) is 0 Å². The van der Waals surface area contributed by atoms with Crippen LogP contribution in [0.25, 0.3) is 0 Å². The highest BCUT2D eigenvalue weighted by atomic mass is 19.2. The minimum absolute atomic E-state index is 0.0627. The van der Waals surface area contributed by atoms with Gasteiger partial charge in [-0.1, -0.05) is 6.07 Å². The molecule has 0 spiro atoms. The molecule has 1 aliphatic rings. The van der Waals surface area contributed by atoms with Gasteiger partial charge >= 0.3 is 0 Å². The summed E-state index contributed by atoms with van der Waals surface area (Å²) >= 11 is 0. The van der Waals surface area contributed by atoms with Gasteiger partial charge in [0.25, 0.3) is 0 Å². The van der Waals surface area contributed by atoms with Crippen molar-refractivity contribution in [1.82, 2.24) is 4.90 Å². The Labute approximate surface area is 106 Å². The van der Waals surface area contributed by atoms with E-state index in [9.17, 15) is 8.78 Å². The molecule has 3 nitrogen and oxygen atoms in total. The van der Waals surface area contributed by atoms with E-state index < -0.39 is 11.6 Å². The lowest BCUT2D eigenvalue weighted by atomic mass is 9.99. The van der Waals surface area contributed by atoms with Crippen molar-refractivity contribution >= 4 is 0 Å². The molecule has 2 unspecified atom stereocenters. The Morgan fingerprint density at radius 2 is 2.11 bits per heavy atom. The normalized spacial score (nSPS) is 24.5. The Kier molecular flexibility index (Phi) is 3.82. The molecule has 100 valence electrons. The second kappa shape index (κ2) is 5.20. The van der Waals surface area contributed by atoms with Crippen LogP contribution in [0, 0.1) is 17.6 Å². The van der Waals surface area contributed by atoms with Crippen LogP contribution in [0.5, 0.6) is 5.75 Å². The maximum absolute atomic E-state index is 14.0. The van der Waals surface area contributed by atoms with E-state index in [1.807, 2.05) is 11.9 Å². The van der Waals surface area contributed by atoms with Gasteiger partial charge in [-0.15, -0.1) is 0 Å². The van der Waals surface area contributed by atoms with Gasteiger partial charge in [-0.2, -0.15) is 4.39 Å². The van der Waals surface area contributed by atoms with E-state index in [2.05, 4.69) is 0 Å². The summed E-state index contributed by atoms with van der Waals surface area (Å²) in [6, 6.07) is 2.95. The van der Waals surface area contributed by atoms with Crippen LogP contribution in [-0.2, 0) is 0 Å². The third kappa shape index (κ3) is 2.20. The Balaban J connectivity index is 2.32. The number of nitrogens with zero attached hydrogens (tertiary/aromatic N) is 1. The van der Waals surface area contributed by atoms with Crippen LogP contribution < -0.4 is 10.5 Å². The fraction of sp³-hybridized carbons (Fsp3) is 0.538. The third-order valence-corrected chi connectivity index (χ3v) is 3.62. The minimum atomic E-state index is -0.917. The van der Waals surface area contributed by atoms with Gasteiger partial charge in [0.2, 0.25) is 5.82 Å². The predicted molar refractivity (Wildman–Crippen MR) is 65.4 cm³/mol. The molecule has 18 heavy (non-hydrogen) atoms. The van der Waals surface area contributed by atoms with Crippen LogP contribution in [0.1, 0.15) is 18.0 Å². The molecule has 2 atom stereocenters. The number of benzene rings is 1. The largest absolute Gasteiger partial charge is 0.494 e. The lowest BCUT2D eigenvalue weighted by molar-refractivity contribution is 0.300. The molecule has 2 rings (SSSR count). The van der Waals surface area contributed by atoms with E-state index in [1.165, 1.54) is 13.2 Å². The quantitative estimate of drug-likeness (QED) is 0.898. The number of methoxy groups -OCH3 is 1. The first-order valence-electron chi connectivity index (χ1n) is 6.00. The summed E-state index contributed by atoms with van der Waals surface area (Å²) in [7, 11) is 3.23. The maximum Gasteiger partial charge on any atom is 0.200 e. The summed E-state index contributed by atoms with van der Waals surface area (Å²) in [6.45, 7) is 1.38. The fourth-order valence-electron chi connectivity index (χ4n) is 2.60. The number of rotatable bonds is 3. The molecule has 1 aliphatic heterocycles. The molecule has 1 heterocycles.